The first-order chi connectivity index (χ1) is 12.4. The number of fused-ring (bicyclic) bond motifs is 2. The molecule has 2 bridgehead atoms. The molecule has 2 unspecified atom stereocenters. The lowest BCUT2D eigenvalue weighted by Crippen LogP contribution is -2.51. The van der Waals surface area contributed by atoms with Gasteiger partial charge >= 0.3 is 0 Å². The number of benzene rings is 1. The Hall–Kier alpha value is -2.18. The average Bonchev–Trinajstić information content (AvgIpc) is 3.20. The molecule has 0 aliphatic carbocycles. The van der Waals surface area contributed by atoms with Gasteiger partial charge in [0, 0.05) is 17.8 Å². The van der Waals surface area contributed by atoms with Gasteiger partial charge in [-0.05, 0) is 62.4 Å². The molecule has 0 saturated carbocycles. The molecule has 1 amide bonds. The van der Waals surface area contributed by atoms with Crippen molar-refractivity contribution in [2.45, 2.75) is 50.3 Å². The van der Waals surface area contributed by atoms with E-state index in [1.165, 1.54) is 6.07 Å². The van der Waals surface area contributed by atoms with Crippen molar-refractivity contribution in [2.24, 2.45) is 0 Å². The number of amides is 1. The van der Waals surface area contributed by atoms with Crippen LogP contribution >= 0.6 is 0 Å². The third-order valence-electron chi connectivity index (χ3n) is 5.68. The van der Waals surface area contributed by atoms with Crippen LogP contribution in [0.2, 0.25) is 0 Å². The van der Waals surface area contributed by atoms with E-state index in [1.54, 1.807) is 31.4 Å². The molecule has 1 aromatic carbocycles. The van der Waals surface area contributed by atoms with Crippen LogP contribution in [0.1, 0.15) is 37.0 Å². The van der Waals surface area contributed by atoms with Gasteiger partial charge in [0.25, 0.3) is 0 Å². The smallest absolute Gasteiger partial charge is 0.238 e. The van der Waals surface area contributed by atoms with Crippen LogP contribution in [-0.2, 0) is 10.4 Å². The SMILES string of the molecule is Cc1ccc(NC(=O)CN2C3CCC2CC(O)(c2ccco2)C3)cc1F. The van der Waals surface area contributed by atoms with E-state index in [2.05, 4.69) is 10.2 Å². The number of hydrogen-bond acceptors (Lipinski definition) is 4. The number of aliphatic hydroxyl groups is 1. The minimum atomic E-state index is -0.956. The van der Waals surface area contributed by atoms with Crippen molar-refractivity contribution in [3.63, 3.8) is 0 Å². The molecule has 2 aliphatic rings. The highest BCUT2D eigenvalue weighted by Crippen LogP contribution is 2.45. The minimum Gasteiger partial charge on any atom is -0.466 e. The fourth-order valence-electron chi connectivity index (χ4n) is 4.36. The molecule has 6 heteroatoms. The van der Waals surface area contributed by atoms with Gasteiger partial charge in [-0.3, -0.25) is 9.69 Å². The van der Waals surface area contributed by atoms with Gasteiger partial charge < -0.3 is 14.8 Å². The van der Waals surface area contributed by atoms with Crippen molar-refractivity contribution in [3.05, 3.63) is 53.7 Å². The Morgan fingerprint density at radius 3 is 2.69 bits per heavy atom. The van der Waals surface area contributed by atoms with Crippen LogP contribution in [-0.4, -0.2) is 34.5 Å². The number of hydrogen-bond donors (Lipinski definition) is 2. The fraction of sp³-hybridized carbons (Fsp3) is 0.450. The van der Waals surface area contributed by atoms with Gasteiger partial charge in [-0.2, -0.15) is 0 Å². The van der Waals surface area contributed by atoms with Crippen LogP contribution in [0.4, 0.5) is 10.1 Å². The Bertz CT molecular complexity index is 791. The molecule has 26 heavy (non-hydrogen) atoms. The average molecular weight is 358 g/mol. The topological polar surface area (TPSA) is 65.7 Å². The summed E-state index contributed by atoms with van der Waals surface area (Å²) in [7, 11) is 0. The van der Waals surface area contributed by atoms with Crippen molar-refractivity contribution < 1.29 is 18.7 Å². The molecular formula is C20H23FN2O3. The highest BCUT2D eigenvalue weighted by Gasteiger charge is 2.49. The first-order valence-electron chi connectivity index (χ1n) is 9.03. The fourth-order valence-corrected chi connectivity index (χ4v) is 4.36. The number of nitrogens with zero attached hydrogens (tertiary/aromatic N) is 1. The van der Waals surface area contributed by atoms with Gasteiger partial charge in [0.15, 0.2) is 0 Å². The van der Waals surface area contributed by atoms with Gasteiger partial charge in [0.2, 0.25) is 5.91 Å². The van der Waals surface area contributed by atoms with Crippen molar-refractivity contribution in [3.8, 4) is 0 Å². The van der Waals surface area contributed by atoms with Gasteiger partial charge in [0.1, 0.15) is 17.2 Å². The second-order valence-electron chi connectivity index (χ2n) is 7.49. The number of furan rings is 1. The summed E-state index contributed by atoms with van der Waals surface area (Å²) in [6, 6.07) is 8.58. The first-order valence-corrected chi connectivity index (χ1v) is 9.03. The van der Waals surface area contributed by atoms with E-state index in [0.29, 0.717) is 29.9 Å². The van der Waals surface area contributed by atoms with Crippen LogP contribution in [0.5, 0.6) is 0 Å². The van der Waals surface area contributed by atoms with Crippen LogP contribution in [0.3, 0.4) is 0 Å². The third-order valence-corrected chi connectivity index (χ3v) is 5.68. The summed E-state index contributed by atoms with van der Waals surface area (Å²) in [4.78, 5) is 14.6. The number of rotatable bonds is 4. The summed E-state index contributed by atoms with van der Waals surface area (Å²) in [6.07, 6.45) is 4.61. The number of anilines is 1. The molecule has 2 N–H and O–H groups in total. The normalized spacial score (nSPS) is 28.3. The molecule has 4 rings (SSSR count). The number of carbonyl (C=O) groups excluding carboxylic acids is 1. The Balaban J connectivity index is 1.42. The summed E-state index contributed by atoms with van der Waals surface area (Å²) < 4.78 is 19.1. The molecule has 3 heterocycles. The lowest BCUT2D eigenvalue weighted by molar-refractivity contribution is -0.121. The molecule has 2 fully saturated rings. The van der Waals surface area contributed by atoms with Crippen LogP contribution in [0, 0.1) is 12.7 Å². The Labute approximate surface area is 151 Å². The van der Waals surface area contributed by atoms with Gasteiger partial charge in [-0.15, -0.1) is 0 Å². The number of piperidine rings is 1. The van der Waals surface area contributed by atoms with Crippen molar-refractivity contribution in [1.29, 1.82) is 0 Å². The molecule has 2 atom stereocenters. The van der Waals surface area contributed by atoms with E-state index >= 15 is 0 Å². The van der Waals surface area contributed by atoms with E-state index in [-0.39, 0.29) is 30.4 Å². The van der Waals surface area contributed by atoms with Crippen molar-refractivity contribution in [2.75, 3.05) is 11.9 Å². The number of halogens is 1. The van der Waals surface area contributed by atoms with Crippen molar-refractivity contribution in [1.82, 2.24) is 4.90 Å². The Morgan fingerprint density at radius 2 is 2.08 bits per heavy atom. The maximum absolute atomic E-state index is 13.6. The summed E-state index contributed by atoms with van der Waals surface area (Å²) >= 11 is 0. The van der Waals surface area contributed by atoms with E-state index < -0.39 is 5.60 Å². The van der Waals surface area contributed by atoms with Crippen LogP contribution in [0.25, 0.3) is 0 Å². The van der Waals surface area contributed by atoms with Crippen molar-refractivity contribution >= 4 is 11.6 Å². The Kier molecular flexibility index (Phi) is 4.32. The molecule has 2 saturated heterocycles. The molecule has 2 aromatic rings. The van der Waals surface area contributed by atoms with E-state index in [1.807, 2.05) is 6.07 Å². The molecule has 0 radical (unpaired) electrons. The predicted molar refractivity (Wildman–Crippen MR) is 95.1 cm³/mol. The molecule has 2 aliphatic heterocycles. The summed E-state index contributed by atoms with van der Waals surface area (Å²) in [5, 5.41) is 13.8. The van der Waals surface area contributed by atoms with Gasteiger partial charge in [0.05, 0.1) is 12.8 Å². The van der Waals surface area contributed by atoms with E-state index in [0.717, 1.165) is 12.8 Å². The summed E-state index contributed by atoms with van der Waals surface area (Å²) in [5.74, 6) is 0.117. The highest BCUT2D eigenvalue weighted by atomic mass is 19.1. The number of carbonyl (C=O) groups is 1. The monoisotopic (exact) mass is 358 g/mol. The summed E-state index contributed by atoms with van der Waals surface area (Å²) in [6.45, 7) is 1.94. The lowest BCUT2D eigenvalue weighted by Gasteiger charge is -2.42. The van der Waals surface area contributed by atoms with Gasteiger partial charge in [-0.1, -0.05) is 6.07 Å². The van der Waals surface area contributed by atoms with Gasteiger partial charge in [-0.25, -0.2) is 4.39 Å². The first kappa shape index (κ1) is 17.2. The van der Waals surface area contributed by atoms with Crippen LogP contribution < -0.4 is 5.32 Å². The van der Waals surface area contributed by atoms with Crippen LogP contribution in [0.15, 0.2) is 41.0 Å². The second kappa shape index (κ2) is 6.52. The zero-order valence-electron chi connectivity index (χ0n) is 14.7. The number of aryl methyl sites for hydroxylation is 1. The highest BCUT2D eigenvalue weighted by molar-refractivity contribution is 5.92. The molecule has 0 spiro atoms. The Morgan fingerprint density at radius 1 is 1.35 bits per heavy atom. The maximum Gasteiger partial charge on any atom is 0.238 e. The lowest BCUT2D eigenvalue weighted by atomic mass is 9.84. The largest absolute Gasteiger partial charge is 0.466 e. The predicted octanol–water partition coefficient (Wildman–Crippen LogP) is 3.18. The van der Waals surface area contributed by atoms with E-state index in [9.17, 15) is 14.3 Å². The third kappa shape index (κ3) is 3.15. The minimum absolute atomic E-state index is 0.143. The summed E-state index contributed by atoms with van der Waals surface area (Å²) in [5.41, 5.74) is 0.0615. The molecule has 1 aromatic heterocycles. The number of nitrogens with one attached hydrogen (secondary N) is 1. The zero-order chi connectivity index (χ0) is 18.3. The quantitative estimate of drug-likeness (QED) is 0.881. The molecule has 138 valence electrons. The second-order valence-corrected chi connectivity index (χ2v) is 7.49. The van der Waals surface area contributed by atoms with E-state index in [4.69, 9.17) is 4.42 Å². The maximum atomic E-state index is 13.6. The standard InChI is InChI=1S/C20H23FN2O3/c1-13-4-5-14(9-17(13)21)22-19(24)12-23-15-6-7-16(23)11-20(25,10-15)18-3-2-8-26-18/h2-5,8-9,15-16,25H,6-7,10-12H2,1H3,(H,22,24). The molecule has 5 nitrogen and oxygen atoms in total. The zero-order valence-corrected chi connectivity index (χ0v) is 14.7. The molecular weight excluding hydrogens is 335 g/mol.